The van der Waals surface area contributed by atoms with E-state index in [1.54, 1.807) is 32.0 Å². The summed E-state index contributed by atoms with van der Waals surface area (Å²) < 4.78 is 15.9. The van der Waals surface area contributed by atoms with E-state index in [1.165, 1.54) is 14.2 Å². The van der Waals surface area contributed by atoms with Gasteiger partial charge >= 0.3 is 0 Å². The first-order chi connectivity index (χ1) is 7.92. The maximum Gasteiger partial charge on any atom is 0.264 e. The van der Waals surface area contributed by atoms with Crippen molar-refractivity contribution >= 4 is 16.8 Å². The maximum absolute atomic E-state index is 11.2. The van der Waals surface area contributed by atoms with E-state index in [2.05, 4.69) is 0 Å². The molecule has 0 fully saturated rings. The van der Waals surface area contributed by atoms with Gasteiger partial charge in [-0.3, -0.25) is 4.79 Å². The van der Waals surface area contributed by atoms with Gasteiger partial charge in [0.15, 0.2) is 17.1 Å². The number of ether oxygens (including phenoxy) is 3. The Kier molecular flexibility index (Phi) is 4.23. The lowest BCUT2D eigenvalue weighted by atomic mass is 10.1. The number of methoxy groups -OCH3 is 2. The normalized spacial score (nSPS) is 10.9. The van der Waals surface area contributed by atoms with Crippen molar-refractivity contribution in [1.82, 2.24) is 0 Å². The highest BCUT2D eigenvalue weighted by atomic mass is 35.5. The summed E-state index contributed by atoms with van der Waals surface area (Å²) in [6.45, 7) is 3.17. The standard InChI is InChI=1S/C12H15ClO4/c1-12(2,11(13)14)17-9-7-5-6-8(15-3)10(9)16-4/h5-7H,1-4H3. The summed E-state index contributed by atoms with van der Waals surface area (Å²) in [4.78, 5) is 11.2. The molecule has 4 nitrogen and oxygen atoms in total. The third-order valence-corrected chi connectivity index (χ3v) is 2.66. The van der Waals surface area contributed by atoms with Crippen LogP contribution in [0.5, 0.6) is 17.2 Å². The summed E-state index contributed by atoms with van der Waals surface area (Å²) in [5.74, 6) is 1.37. The van der Waals surface area contributed by atoms with Crippen molar-refractivity contribution in [1.29, 1.82) is 0 Å². The highest BCUT2D eigenvalue weighted by Gasteiger charge is 2.29. The van der Waals surface area contributed by atoms with Crippen LogP contribution in [0.2, 0.25) is 0 Å². The predicted octanol–water partition coefficient (Wildman–Crippen LogP) is 2.63. The highest BCUT2D eigenvalue weighted by molar-refractivity contribution is 6.65. The molecule has 0 bridgehead atoms. The van der Waals surface area contributed by atoms with Gasteiger partial charge in [0.2, 0.25) is 5.75 Å². The molecule has 0 radical (unpaired) electrons. The number of hydrogen-bond acceptors (Lipinski definition) is 4. The number of halogens is 1. The smallest absolute Gasteiger partial charge is 0.264 e. The topological polar surface area (TPSA) is 44.8 Å². The molecule has 94 valence electrons. The van der Waals surface area contributed by atoms with E-state index in [-0.39, 0.29) is 0 Å². The molecule has 0 unspecified atom stereocenters. The first-order valence-corrected chi connectivity index (χ1v) is 5.40. The fraction of sp³-hybridized carbons (Fsp3) is 0.417. The van der Waals surface area contributed by atoms with Crippen LogP contribution in [-0.2, 0) is 4.79 Å². The van der Waals surface area contributed by atoms with Crippen LogP contribution in [0.15, 0.2) is 18.2 Å². The lowest BCUT2D eigenvalue weighted by Gasteiger charge is -2.23. The molecule has 0 atom stereocenters. The highest BCUT2D eigenvalue weighted by Crippen LogP contribution is 2.38. The SMILES string of the molecule is COc1cccc(OC(C)(C)C(=O)Cl)c1OC. The van der Waals surface area contributed by atoms with Gasteiger partial charge in [0.25, 0.3) is 5.24 Å². The van der Waals surface area contributed by atoms with Gasteiger partial charge in [-0.2, -0.15) is 0 Å². The molecule has 1 aromatic rings. The molecule has 0 saturated heterocycles. The van der Waals surface area contributed by atoms with Gasteiger partial charge in [0, 0.05) is 0 Å². The van der Waals surface area contributed by atoms with E-state index >= 15 is 0 Å². The first kappa shape index (κ1) is 13.6. The van der Waals surface area contributed by atoms with Gasteiger partial charge in [-0.05, 0) is 37.6 Å². The van der Waals surface area contributed by atoms with Gasteiger partial charge in [0.05, 0.1) is 14.2 Å². The van der Waals surface area contributed by atoms with Crippen molar-refractivity contribution < 1.29 is 19.0 Å². The van der Waals surface area contributed by atoms with E-state index in [0.717, 1.165) is 0 Å². The van der Waals surface area contributed by atoms with Gasteiger partial charge in [-0.15, -0.1) is 0 Å². The summed E-state index contributed by atoms with van der Waals surface area (Å²) in [5.41, 5.74) is -1.12. The molecule has 0 aromatic heterocycles. The lowest BCUT2D eigenvalue weighted by molar-refractivity contribution is -0.123. The van der Waals surface area contributed by atoms with Gasteiger partial charge in [-0.1, -0.05) is 6.07 Å². The minimum absolute atomic E-state index is 0.408. The molecule has 0 aliphatic carbocycles. The average molecular weight is 259 g/mol. The quantitative estimate of drug-likeness (QED) is 0.762. The van der Waals surface area contributed by atoms with Crippen molar-refractivity contribution in [2.75, 3.05) is 14.2 Å². The third kappa shape index (κ3) is 3.03. The summed E-state index contributed by atoms with van der Waals surface area (Å²) in [7, 11) is 3.03. The minimum atomic E-state index is -1.12. The Morgan fingerprint density at radius 1 is 1.18 bits per heavy atom. The zero-order chi connectivity index (χ0) is 13.1. The van der Waals surface area contributed by atoms with Crippen LogP contribution < -0.4 is 14.2 Å². The van der Waals surface area contributed by atoms with E-state index in [9.17, 15) is 4.79 Å². The molecule has 17 heavy (non-hydrogen) atoms. The van der Waals surface area contributed by atoms with Crippen LogP contribution in [0.4, 0.5) is 0 Å². The largest absolute Gasteiger partial charge is 0.493 e. The Hall–Kier alpha value is -1.42. The number of hydrogen-bond donors (Lipinski definition) is 0. The second-order valence-electron chi connectivity index (χ2n) is 3.88. The zero-order valence-corrected chi connectivity index (χ0v) is 11.0. The number of benzene rings is 1. The lowest BCUT2D eigenvalue weighted by Crippen LogP contribution is -2.35. The molecule has 0 aliphatic heterocycles. The van der Waals surface area contributed by atoms with E-state index in [0.29, 0.717) is 17.2 Å². The van der Waals surface area contributed by atoms with Crippen molar-refractivity contribution in [2.45, 2.75) is 19.4 Å². The van der Waals surface area contributed by atoms with Crippen molar-refractivity contribution in [3.05, 3.63) is 18.2 Å². The van der Waals surface area contributed by atoms with Crippen molar-refractivity contribution in [3.63, 3.8) is 0 Å². The summed E-state index contributed by atoms with van der Waals surface area (Å²) in [6, 6.07) is 5.16. The fourth-order valence-corrected chi connectivity index (χ4v) is 1.29. The molecular weight excluding hydrogens is 244 g/mol. The monoisotopic (exact) mass is 258 g/mol. The van der Waals surface area contributed by atoms with E-state index in [4.69, 9.17) is 25.8 Å². The second-order valence-corrected chi connectivity index (χ2v) is 4.22. The molecule has 0 amide bonds. The van der Waals surface area contributed by atoms with Crippen LogP contribution in [0.3, 0.4) is 0 Å². The first-order valence-electron chi connectivity index (χ1n) is 5.02. The number of para-hydroxylation sites is 1. The Morgan fingerprint density at radius 2 is 1.76 bits per heavy atom. The molecule has 0 saturated carbocycles. The Labute approximate surface area is 105 Å². The molecule has 0 N–H and O–H groups in total. The molecular formula is C12H15ClO4. The number of carbonyl (C=O) groups is 1. The third-order valence-electron chi connectivity index (χ3n) is 2.21. The van der Waals surface area contributed by atoms with E-state index in [1.807, 2.05) is 0 Å². The average Bonchev–Trinajstić information content (AvgIpc) is 2.27. The maximum atomic E-state index is 11.2. The molecule has 0 aliphatic rings. The van der Waals surface area contributed by atoms with E-state index < -0.39 is 10.8 Å². The fourth-order valence-electron chi connectivity index (χ4n) is 1.25. The van der Waals surface area contributed by atoms with Gasteiger partial charge in [0.1, 0.15) is 0 Å². The van der Waals surface area contributed by atoms with Crippen molar-refractivity contribution in [2.24, 2.45) is 0 Å². The van der Waals surface area contributed by atoms with Crippen LogP contribution >= 0.6 is 11.6 Å². The minimum Gasteiger partial charge on any atom is -0.493 e. The van der Waals surface area contributed by atoms with Crippen LogP contribution in [0.1, 0.15) is 13.8 Å². The summed E-state index contributed by atoms with van der Waals surface area (Å²) in [5, 5.41) is -0.581. The molecule has 1 aromatic carbocycles. The van der Waals surface area contributed by atoms with Crippen LogP contribution in [0, 0.1) is 0 Å². The molecule has 5 heteroatoms. The Morgan fingerprint density at radius 3 is 2.24 bits per heavy atom. The van der Waals surface area contributed by atoms with Crippen LogP contribution in [0.25, 0.3) is 0 Å². The molecule has 1 rings (SSSR count). The van der Waals surface area contributed by atoms with Crippen molar-refractivity contribution in [3.8, 4) is 17.2 Å². The molecule has 0 spiro atoms. The van der Waals surface area contributed by atoms with Gasteiger partial charge in [-0.25, -0.2) is 0 Å². The second kappa shape index (κ2) is 5.27. The predicted molar refractivity (Wildman–Crippen MR) is 65.1 cm³/mol. The summed E-state index contributed by atoms with van der Waals surface area (Å²) >= 11 is 5.45. The number of carbonyl (C=O) groups excluding carboxylic acids is 1. The summed E-state index contributed by atoms with van der Waals surface area (Å²) in [6.07, 6.45) is 0. The zero-order valence-electron chi connectivity index (χ0n) is 10.2. The molecule has 0 heterocycles. The Bertz CT molecular complexity index is 415. The van der Waals surface area contributed by atoms with Crippen LogP contribution in [-0.4, -0.2) is 25.1 Å². The van der Waals surface area contributed by atoms with Gasteiger partial charge < -0.3 is 14.2 Å². The Balaban J connectivity index is 3.10. The number of rotatable bonds is 5.